The fraction of sp³-hybridized carbons (Fsp3) is 0.269. The molecule has 8 heteroatoms. The summed E-state index contributed by atoms with van der Waals surface area (Å²) in [6.45, 7) is 2.08. The summed E-state index contributed by atoms with van der Waals surface area (Å²) >= 11 is 3.55. The van der Waals surface area contributed by atoms with E-state index in [-0.39, 0.29) is 5.56 Å². The van der Waals surface area contributed by atoms with Crippen molar-refractivity contribution in [2.45, 2.75) is 25.3 Å². The molecule has 2 aromatic heterocycles. The van der Waals surface area contributed by atoms with Crippen molar-refractivity contribution in [1.82, 2.24) is 19.9 Å². The van der Waals surface area contributed by atoms with Crippen LogP contribution in [0.4, 0.5) is 5.95 Å². The zero-order chi connectivity index (χ0) is 23.5. The highest BCUT2D eigenvalue weighted by molar-refractivity contribution is 9.10. The number of aromatic nitrogens is 3. The van der Waals surface area contributed by atoms with Gasteiger partial charge >= 0.3 is 0 Å². The van der Waals surface area contributed by atoms with Gasteiger partial charge in [-0.2, -0.15) is 0 Å². The van der Waals surface area contributed by atoms with Gasteiger partial charge in [0.25, 0.3) is 5.56 Å². The number of nitrogens with zero attached hydrogens (tertiary/aromatic N) is 3. The van der Waals surface area contributed by atoms with E-state index in [1.54, 1.807) is 6.20 Å². The molecule has 1 aliphatic heterocycles. The molecule has 0 saturated carbocycles. The van der Waals surface area contributed by atoms with Crippen molar-refractivity contribution in [1.29, 1.82) is 0 Å². The summed E-state index contributed by atoms with van der Waals surface area (Å²) < 4.78 is 6.64. The number of H-pyrrole nitrogens is 1. The van der Waals surface area contributed by atoms with Crippen molar-refractivity contribution in [2.75, 3.05) is 25.5 Å². The molecule has 1 saturated heterocycles. The van der Waals surface area contributed by atoms with Crippen LogP contribution in [0.5, 0.6) is 11.5 Å². The summed E-state index contributed by atoms with van der Waals surface area (Å²) in [7, 11) is 2.14. The standard InChI is InChI=1S/C26H26BrN5O2/c1-32-13-11-18(12-14-32)29-26-30-22(23-24(31-26)21(27)16-28-25(23)33)15-17-7-9-20(10-8-17)34-19-5-3-2-4-6-19/h2-10,16,18H,11-15H2,1H3,(H,28,33)(H,29,30,31). The first-order valence-corrected chi connectivity index (χ1v) is 12.2. The van der Waals surface area contributed by atoms with Gasteiger partial charge in [0.15, 0.2) is 0 Å². The number of para-hydroxylation sites is 1. The second kappa shape index (κ2) is 9.95. The van der Waals surface area contributed by atoms with Crippen LogP contribution in [0.25, 0.3) is 10.9 Å². The zero-order valence-electron chi connectivity index (χ0n) is 18.9. The maximum atomic E-state index is 12.7. The zero-order valence-corrected chi connectivity index (χ0v) is 20.5. The number of piperidine rings is 1. The lowest BCUT2D eigenvalue weighted by Gasteiger charge is -2.29. The van der Waals surface area contributed by atoms with E-state index in [0.717, 1.165) is 47.5 Å². The summed E-state index contributed by atoms with van der Waals surface area (Å²) in [5.74, 6) is 2.11. The topological polar surface area (TPSA) is 83.1 Å². The Bertz CT molecular complexity index is 1330. The number of nitrogens with one attached hydrogen (secondary N) is 2. The number of anilines is 1. The summed E-state index contributed by atoms with van der Waals surface area (Å²) in [5.41, 5.74) is 2.15. The average molecular weight is 520 g/mol. The summed E-state index contributed by atoms with van der Waals surface area (Å²) in [6, 6.07) is 17.9. The average Bonchev–Trinajstić information content (AvgIpc) is 2.85. The van der Waals surface area contributed by atoms with Crippen LogP contribution in [0, 0.1) is 0 Å². The maximum Gasteiger partial charge on any atom is 0.259 e. The van der Waals surface area contributed by atoms with Gasteiger partial charge in [-0.15, -0.1) is 0 Å². The number of fused-ring (bicyclic) bond motifs is 1. The van der Waals surface area contributed by atoms with Crippen LogP contribution in [0.3, 0.4) is 0 Å². The Labute approximate surface area is 206 Å². The number of ether oxygens (including phenoxy) is 1. The van der Waals surface area contributed by atoms with Crippen molar-refractivity contribution >= 4 is 32.8 Å². The molecule has 0 aliphatic carbocycles. The van der Waals surface area contributed by atoms with Gasteiger partial charge in [-0.1, -0.05) is 30.3 Å². The number of pyridine rings is 1. The molecule has 5 rings (SSSR count). The predicted octanol–water partition coefficient (Wildman–Crippen LogP) is 4.97. The summed E-state index contributed by atoms with van der Waals surface area (Å²) in [4.78, 5) is 27.3. The molecule has 0 amide bonds. The Kier molecular flexibility index (Phi) is 6.60. The molecule has 4 aromatic rings. The molecule has 0 unspecified atom stereocenters. The van der Waals surface area contributed by atoms with Crippen LogP contribution in [0.2, 0.25) is 0 Å². The second-order valence-corrected chi connectivity index (χ2v) is 9.50. The minimum Gasteiger partial charge on any atom is -0.457 e. The van der Waals surface area contributed by atoms with Crippen LogP contribution in [-0.4, -0.2) is 46.0 Å². The fourth-order valence-electron chi connectivity index (χ4n) is 4.21. The van der Waals surface area contributed by atoms with Crippen LogP contribution >= 0.6 is 15.9 Å². The van der Waals surface area contributed by atoms with Gasteiger partial charge in [-0.05, 0) is 78.7 Å². The lowest BCUT2D eigenvalue weighted by Crippen LogP contribution is -2.37. The van der Waals surface area contributed by atoms with Gasteiger partial charge in [-0.25, -0.2) is 9.97 Å². The predicted molar refractivity (Wildman–Crippen MR) is 138 cm³/mol. The van der Waals surface area contributed by atoms with E-state index < -0.39 is 0 Å². The molecule has 1 fully saturated rings. The van der Waals surface area contributed by atoms with Crippen molar-refractivity contribution in [3.8, 4) is 11.5 Å². The number of halogens is 1. The quantitative estimate of drug-likeness (QED) is 0.374. The van der Waals surface area contributed by atoms with Crippen LogP contribution in [-0.2, 0) is 6.42 Å². The van der Waals surface area contributed by atoms with Crippen molar-refractivity contribution in [3.05, 3.63) is 86.9 Å². The fourth-order valence-corrected chi connectivity index (χ4v) is 4.61. The van der Waals surface area contributed by atoms with Gasteiger partial charge < -0.3 is 19.9 Å². The van der Waals surface area contributed by atoms with Crippen molar-refractivity contribution < 1.29 is 4.74 Å². The van der Waals surface area contributed by atoms with Crippen molar-refractivity contribution in [2.24, 2.45) is 0 Å². The number of benzene rings is 2. The third kappa shape index (κ3) is 5.13. The Hall–Kier alpha value is -3.23. The molecule has 2 N–H and O–H groups in total. The van der Waals surface area contributed by atoms with Crippen LogP contribution in [0.1, 0.15) is 24.1 Å². The minimum absolute atomic E-state index is 0.192. The number of rotatable bonds is 6. The largest absolute Gasteiger partial charge is 0.457 e. The molecule has 34 heavy (non-hydrogen) atoms. The Morgan fingerprint density at radius 1 is 1.06 bits per heavy atom. The monoisotopic (exact) mass is 519 g/mol. The van der Waals surface area contributed by atoms with Crippen LogP contribution in [0.15, 0.2) is 70.1 Å². The lowest BCUT2D eigenvalue weighted by molar-refractivity contribution is 0.263. The molecule has 0 bridgehead atoms. The molecule has 2 aromatic carbocycles. The molecule has 1 aliphatic rings. The first-order valence-electron chi connectivity index (χ1n) is 11.4. The van der Waals surface area contributed by atoms with E-state index in [1.807, 2.05) is 54.6 Å². The maximum absolute atomic E-state index is 12.7. The van der Waals surface area contributed by atoms with E-state index in [2.05, 4.69) is 43.2 Å². The van der Waals surface area contributed by atoms with E-state index in [9.17, 15) is 4.79 Å². The first-order chi connectivity index (χ1) is 16.5. The molecule has 174 valence electrons. The molecule has 7 nitrogen and oxygen atoms in total. The molecule has 3 heterocycles. The Balaban J connectivity index is 1.43. The second-order valence-electron chi connectivity index (χ2n) is 8.64. The molecule has 0 radical (unpaired) electrons. The number of aromatic amines is 1. The van der Waals surface area contributed by atoms with Crippen LogP contribution < -0.4 is 15.6 Å². The normalized spacial score (nSPS) is 14.9. The SMILES string of the molecule is CN1CCC(Nc2nc(Cc3ccc(Oc4ccccc4)cc3)c3c(=O)[nH]cc(Br)c3n2)CC1. The number of hydrogen-bond acceptors (Lipinski definition) is 6. The lowest BCUT2D eigenvalue weighted by atomic mass is 10.1. The van der Waals surface area contributed by atoms with Gasteiger partial charge in [0.1, 0.15) is 11.5 Å². The summed E-state index contributed by atoms with van der Waals surface area (Å²) in [5, 5.41) is 4.01. The van der Waals surface area contributed by atoms with Gasteiger partial charge in [-0.3, -0.25) is 4.79 Å². The van der Waals surface area contributed by atoms with Gasteiger partial charge in [0, 0.05) is 18.7 Å². The van der Waals surface area contributed by atoms with E-state index in [1.165, 1.54) is 0 Å². The Morgan fingerprint density at radius 2 is 1.76 bits per heavy atom. The number of hydrogen-bond donors (Lipinski definition) is 2. The van der Waals surface area contributed by atoms with Gasteiger partial charge in [0.05, 0.1) is 21.1 Å². The highest BCUT2D eigenvalue weighted by atomic mass is 79.9. The molecular weight excluding hydrogens is 494 g/mol. The highest BCUT2D eigenvalue weighted by Crippen LogP contribution is 2.26. The highest BCUT2D eigenvalue weighted by Gasteiger charge is 2.20. The van der Waals surface area contributed by atoms with Gasteiger partial charge in [0.2, 0.25) is 5.95 Å². The third-order valence-electron chi connectivity index (χ3n) is 6.09. The first kappa shape index (κ1) is 22.6. The third-order valence-corrected chi connectivity index (χ3v) is 6.70. The molecule has 0 atom stereocenters. The molecule has 0 spiro atoms. The smallest absolute Gasteiger partial charge is 0.259 e. The van der Waals surface area contributed by atoms with E-state index >= 15 is 0 Å². The van der Waals surface area contributed by atoms with Crippen molar-refractivity contribution in [3.63, 3.8) is 0 Å². The Morgan fingerprint density at radius 3 is 2.50 bits per heavy atom. The summed E-state index contributed by atoms with van der Waals surface area (Å²) in [6.07, 6.45) is 4.21. The number of likely N-dealkylation sites (tertiary alicyclic amines) is 1. The minimum atomic E-state index is -0.192. The molecular formula is C26H26BrN5O2. The van der Waals surface area contributed by atoms with E-state index in [0.29, 0.717) is 35.0 Å². The van der Waals surface area contributed by atoms with E-state index in [4.69, 9.17) is 9.72 Å².